The molecule has 0 radical (unpaired) electrons. The van der Waals surface area contributed by atoms with Gasteiger partial charge in [-0.05, 0) is 50.4 Å². The van der Waals surface area contributed by atoms with Crippen LogP contribution >= 0.6 is 0 Å². The van der Waals surface area contributed by atoms with E-state index in [1.165, 1.54) is 38.0 Å². The summed E-state index contributed by atoms with van der Waals surface area (Å²) < 4.78 is 0. The van der Waals surface area contributed by atoms with Crippen LogP contribution in [0.2, 0.25) is 0 Å². The Morgan fingerprint density at radius 3 is 2.58 bits per heavy atom. The molecule has 1 saturated heterocycles. The molecule has 0 aliphatic carbocycles. The van der Waals surface area contributed by atoms with E-state index in [0.29, 0.717) is 6.04 Å². The van der Waals surface area contributed by atoms with Gasteiger partial charge in [0.25, 0.3) is 0 Å². The van der Waals surface area contributed by atoms with Gasteiger partial charge in [0.15, 0.2) is 0 Å². The second-order valence-electron chi connectivity index (χ2n) is 6.13. The van der Waals surface area contributed by atoms with Gasteiger partial charge in [-0.2, -0.15) is 0 Å². The minimum atomic E-state index is 0.485. The standard InChI is InChI=1S/C17H28N2/c1-14(2)16-9-11-19(13-16)12-10-17(18-3)15-7-5-4-6-8-15/h4-8,14,16-18H,9-13H2,1-3H3. The number of hydrogen-bond donors (Lipinski definition) is 1. The van der Waals surface area contributed by atoms with Crippen molar-refractivity contribution in [2.24, 2.45) is 11.8 Å². The highest BCUT2D eigenvalue weighted by Crippen LogP contribution is 2.25. The molecule has 2 unspecified atom stereocenters. The van der Waals surface area contributed by atoms with Crippen LogP contribution in [0, 0.1) is 11.8 Å². The highest BCUT2D eigenvalue weighted by molar-refractivity contribution is 5.18. The topological polar surface area (TPSA) is 15.3 Å². The van der Waals surface area contributed by atoms with Gasteiger partial charge >= 0.3 is 0 Å². The lowest BCUT2D eigenvalue weighted by Gasteiger charge is -2.22. The first-order chi connectivity index (χ1) is 9.20. The maximum absolute atomic E-state index is 3.45. The SMILES string of the molecule is CNC(CCN1CCC(C(C)C)C1)c1ccccc1. The lowest BCUT2D eigenvalue weighted by molar-refractivity contribution is 0.287. The molecule has 1 aliphatic rings. The largest absolute Gasteiger partial charge is 0.313 e. The van der Waals surface area contributed by atoms with Crippen LogP contribution in [0.1, 0.15) is 38.3 Å². The van der Waals surface area contributed by atoms with Crippen molar-refractivity contribution in [2.45, 2.75) is 32.7 Å². The molecule has 1 aliphatic heterocycles. The van der Waals surface area contributed by atoms with Crippen molar-refractivity contribution in [3.05, 3.63) is 35.9 Å². The van der Waals surface area contributed by atoms with E-state index in [0.717, 1.165) is 11.8 Å². The molecule has 0 spiro atoms. The van der Waals surface area contributed by atoms with Gasteiger partial charge in [-0.3, -0.25) is 0 Å². The van der Waals surface area contributed by atoms with Crippen molar-refractivity contribution in [3.8, 4) is 0 Å². The minimum Gasteiger partial charge on any atom is -0.313 e. The van der Waals surface area contributed by atoms with E-state index in [1.54, 1.807) is 0 Å². The number of likely N-dealkylation sites (tertiary alicyclic amines) is 1. The molecular formula is C17H28N2. The van der Waals surface area contributed by atoms with Gasteiger partial charge in [0, 0.05) is 12.6 Å². The van der Waals surface area contributed by atoms with E-state index in [9.17, 15) is 0 Å². The Balaban J connectivity index is 1.81. The fourth-order valence-corrected chi connectivity index (χ4v) is 3.08. The van der Waals surface area contributed by atoms with Gasteiger partial charge in [0.05, 0.1) is 0 Å². The molecule has 1 N–H and O–H groups in total. The van der Waals surface area contributed by atoms with Crippen molar-refractivity contribution in [1.29, 1.82) is 0 Å². The summed E-state index contributed by atoms with van der Waals surface area (Å²) in [5.41, 5.74) is 1.41. The van der Waals surface area contributed by atoms with Crippen molar-refractivity contribution < 1.29 is 0 Å². The molecule has 106 valence electrons. The predicted molar refractivity (Wildman–Crippen MR) is 82.2 cm³/mol. The van der Waals surface area contributed by atoms with E-state index in [1.807, 2.05) is 0 Å². The normalized spacial score (nSPS) is 22.0. The van der Waals surface area contributed by atoms with Crippen molar-refractivity contribution in [2.75, 3.05) is 26.7 Å². The summed E-state index contributed by atoms with van der Waals surface area (Å²) in [6.07, 6.45) is 2.58. The minimum absolute atomic E-state index is 0.485. The zero-order valence-corrected chi connectivity index (χ0v) is 12.6. The first-order valence-electron chi connectivity index (χ1n) is 7.65. The summed E-state index contributed by atoms with van der Waals surface area (Å²) in [5.74, 6) is 1.74. The summed E-state index contributed by atoms with van der Waals surface area (Å²) in [7, 11) is 2.07. The second kappa shape index (κ2) is 7.06. The predicted octanol–water partition coefficient (Wildman–Crippen LogP) is 3.32. The molecule has 2 rings (SSSR count). The van der Waals surface area contributed by atoms with Crippen LogP contribution in [-0.4, -0.2) is 31.6 Å². The van der Waals surface area contributed by atoms with Crippen LogP contribution in [0.3, 0.4) is 0 Å². The highest BCUT2D eigenvalue weighted by Gasteiger charge is 2.24. The number of rotatable bonds is 6. The fourth-order valence-electron chi connectivity index (χ4n) is 3.08. The van der Waals surface area contributed by atoms with Gasteiger partial charge in [-0.25, -0.2) is 0 Å². The smallest absolute Gasteiger partial charge is 0.0329 e. The lowest BCUT2D eigenvalue weighted by atomic mass is 9.95. The number of nitrogens with one attached hydrogen (secondary N) is 1. The molecular weight excluding hydrogens is 232 g/mol. The van der Waals surface area contributed by atoms with Gasteiger partial charge in [0.2, 0.25) is 0 Å². The molecule has 0 saturated carbocycles. The fraction of sp³-hybridized carbons (Fsp3) is 0.647. The van der Waals surface area contributed by atoms with Crippen LogP contribution < -0.4 is 5.32 Å². The summed E-state index contributed by atoms with van der Waals surface area (Å²) in [6, 6.07) is 11.3. The molecule has 1 aromatic carbocycles. The summed E-state index contributed by atoms with van der Waals surface area (Å²) in [6.45, 7) is 8.50. The van der Waals surface area contributed by atoms with Crippen LogP contribution in [0.5, 0.6) is 0 Å². The molecule has 1 fully saturated rings. The molecule has 0 bridgehead atoms. The molecule has 19 heavy (non-hydrogen) atoms. The molecule has 2 heteroatoms. The van der Waals surface area contributed by atoms with Gasteiger partial charge in [0.1, 0.15) is 0 Å². The highest BCUT2D eigenvalue weighted by atomic mass is 15.1. The van der Waals surface area contributed by atoms with Gasteiger partial charge in [-0.15, -0.1) is 0 Å². The Morgan fingerprint density at radius 1 is 1.26 bits per heavy atom. The Bertz CT molecular complexity index is 361. The maximum Gasteiger partial charge on any atom is 0.0329 e. The monoisotopic (exact) mass is 260 g/mol. The van der Waals surface area contributed by atoms with Gasteiger partial charge in [-0.1, -0.05) is 44.2 Å². The molecule has 1 aromatic rings. The average molecular weight is 260 g/mol. The lowest BCUT2D eigenvalue weighted by Crippen LogP contribution is -2.27. The van der Waals surface area contributed by atoms with E-state index in [2.05, 4.69) is 61.4 Å². The Morgan fingerprint density at radius 2 is 2.00 bits per heavy atom. The molecule has 0 amide bonds. The first-order valence-corrected chi connectivity index (χ1v) is 7.65. The molecule has 1 heterocycles. The second-order valence-corrected chi connectivity index (χ2v) is 6.13. The molecule has 0 aromatic heterocycles. The average Bonchev–Trinajstić information content (AvgIpc) is 2.90. The number of hydrogen-bond acceptors (Lipinski definition) is 2. The van der Waals surface area contributed by atoms with Crippen molar-refractivity contribution in [1.82, 2.24) is 10.2 Å². The van der Waals surface area contributed by atoms with Crippen LogP contribution in [0.4, 0.5) is 0 Å². The first kappa shape index (κ1) is 14.5. The van der Waals surface area contributed by atoms with Crippen LogP contribution in [-0.2, 0) is 0 Å². The summed E-state index contributed by atoms with van der Waals surface area (Å²) in [5, 5.41) is 3.45. The van der Waals surface area contributed by atoms with Gasteiger partial charge < -0.3 is 10.2 Å². The zero-order chi connectivity index (χ0) is 13.7. The zero-order valence-electron chi connectivity index (χ0n) is 12.6. The third-order valence-corrected chi connectivity index (χ3v) is 4.54. The summed E-state index contributed by atoms with van der Waals surface area (Å²) in [4.78, 5) is 2.64. The maximum atomic E-state index is 3.45. The Hall–Kier alpha value is -0.860. The Labute approximate surface area is 118 Å². The third-order valence-electron chi connectivity index (χ3n) is 4.54. The quantitative estimate of drug-likeness (QED) is 0.844. The van der Waals surface area contributed by atoms with Crippen LogP contribution in [0.15, 0.2) is 30.3 Å². The van der Waals surface area contributed by atoms with E-state index in [-0.39, 0.29) is 0 Å². The number of benzene rings is 1. The van der Waals surface area contributed by atoms with Crippen molar-refractivity contribution in [3.63, 3.8) is 0 Å². The van der Waals surface area contributed by atoms with E-state index in [4.69, 9.17) is 0 Å². The van der Waals surface area contributed by atoms with E-state index >= 15 is 0 Å². The third kappa shape index (κ3) is 4.05. The van der Waals surface area contributed by atoms with Crippen LogP contribution in [0.25, 0.3) is 0 Å². The summed E-state index contributed by atoms with van der Waals surface area (Å²) >= 11 is 0. The van der Waals surface area contributed by atoms with E-state index < -0.39 is 0 Å². The van der Waals surface area contributed by atoms with Crippen molar-refractivity contribution >= 4 is 0 Å². The molecule has 2 nitrogen and oxygen atoms in total. The Kier molecular flexibility index (Phi) is 5.41. The number of nitrogens with zero attached hydrogens (tertiary/aromatic N) is 1. The molecule has 2 atom stereocenters.